The van der Waals surface area contributed by atoms with Crippen LogP contribution in [0.2, 0.25) is 0 Å². The van der Waals surface area contributed by atoms with Gasteiger partial charge >= 0.3 is 6.18 Å². The second-order valence-electron chi connectivity index (χ2n) is 5.35. The number of halogens is 3. The molecule has 2 aromatic carbocycles. The average molecular weight is 365 g/mol. The van der Waals surface area contributed by atoms with Crippen molar-refractivity contribution in [3.63, 3.8) is 0 Å². The van der Waals surface area contributed by atoms with Gasteiger partial charge in [-0.1, -0.05) is 12.1 Å². The summed E-state index contributed by atoms with van der Waals surface area (Å²) in [6, 6.07) is 9.81. The highest BCUT2D eigenvalue weighted by atomic mass is 19.4. The third-order valence-corrected chi connectivity index (χ3v) is 3.60. The van der Waals surface area contributed by atoms with E-state index in [4.69, 9.17) is 9.47 Å². The Morgan fingerprint density at radius 2 is 1.77 bits per heavy atom. The highest BCUT2D eigenvalue weighted by Gasteiger charge is 2.29. The number of hydrogen-bond acceptors (Lipinski definition) is 3. The van der Waals surface area contributed by atoms with Gasteiger partial charge in [-0.2, -0.15) is 13.2 Å². The first-order valence-electron chi connectivity index (χ1n) is 7.67. The predicted molar refractivity (Wildman–Crippen MR) is 91.9 cm³/mol. The Bertz CT molecular complexity index is 784. The maximum atomic E-state index is 12.5. The quantitative estimate of drug-likeness (QED) is 0.786. The second kappa shape index (κ2) is 8.42. The van der Waals surface area contributed by atoms with Gasteiger partial charge in [0.25, 0.3) is 0 Å². The molecule has 0 saturated heterocycles. The zero-order chi connectivity index (χ0) is 19.2. The lowest BCUT2D eigenvalue weighted by atomic mass is 10.1. The first-order chi connectivity index (χ1) is 12.3. The van der Waals surface area contributed by atoms with Crippen LogP contribution in [0.15, 0.2) is 48.5 Å². The summed E-state index contributed by atoms with van der Waals surface area (Å²) in [6.45, 7) is 0.122. The molecule has 0 unspecified atom stereocenters. The molecule has 138 valence electrons. The van der Waals surface area contributed by atoms with Gasteiger partial charge in [0.2, 0.25) is 5.91 Å². The van der Waals surface area contributed by atoms with Crippen molar-refractivity contribution >= 4 is 12.0 Å². The van der Waals surface area contributed by atoms with Gasteiger partial charge in [-0.3, -0.25) is 4.79 Å². The minimum Gasteiger partial charge on any atom is -0.497 e. The van der Waals surface area contributed by atoms with Crippen LogP contribution in [0, 0.1) is 0 Å². The van der Waals surface area contributed by atoms with Crippen LogP contribution >= 0.6 is 0 Å². The molecular formula is C19H18F3NO3. The molecule has 2 rings (SSSR count). The first kappa shape index (κ1) is 19.4. The molecule has 0 heterocycles. The van der Waals surface area contributed by atoms with E-state index in [1.807, 2.05) is 0 Å². The Hall–Kier alpha value is -2.96. The fourth-order valence-corrected chi connectivity index (χ4v) is 2.19. The van der Waals surface area contributed by atoms with Crippen LogP contribution in [0.3, 0.4) is 0 Å². The Morgan fingerprint density at radius 3 is 2.35 bits per heavy atom. The zero-order valence-corrected chi connectivity index (χ0v) is 14.3. The summed E-state index contributed by atoms with van der Waals surface area (Å²) in [4.78, 5) is 11.9. The number of hydrogen-bond donors (Lipinski definition) is 1. The van der Waals surface area contributed by atoms with E-state index >= 15 is 0 Å². The summed E-state index contributed by atoms with van der Waals surface area (Å²) in [5.74, 6) is 0.822. The van der Waals surface area contributed by atoms with Crippen molar-refractivity contribution in [2.45, 2.75) is 12.7 Å². The van der Waals surface area contributed by atoms with Crippen molar-refractivity contribution in [3.05, 3.63) is 65.2 Å². The number of amides is 1. The van der Waals surface area contributed by atoms with Crippen molar-refractivity contribution in [1.82, 2.24) is 5.32 Å². The number of carbonyl (C=O) groups excluding carboxylic acids is 1. The van der Waals surface area contributed by atoms with Crippen molar-refractivity contribution in [2.75, 3.05) is 14.2 Å². The van der Waals surface area contributed by atoms with Crippen molar-refractivity contribution in [1.29, 1.82) is 0 Å². The predicted octanol–water partition coefficient (Wildman–Crippen LogP) is 4.05. The summed E-state index contributed by atoms with van der Waals surface area (Å²) in [5, 5.41) is 2.61. The summed E-state index contributed by atoms with van der Waals surface area (Å²) < 4.78 is 47.9. The molecular weight excluding hydrogens is 347 g/mol. The van der Waals surface area contributed by atoms with E-state index in [1.54, 1.807) is 24.3 Å². The highest BCUT2D eigenvalue weighted by molar-refractivity contribution is 5.92. The average Bonchev–Trinajstić information content (AvgIpc) is 2.64. The van der Waals surface area contributed by atoms with E-state index in [0.29, 0.717) is 22.6 Å². The lowest BCUT2D eigenvalue weighted by Crippen LogP contribution is -2.20. The molecule has 0 aliphatic carbocycles. The first-order valence-corrected chi connectivity index (χ1v) is 7.67. The largest absolute Gasteiger partial charge is 0.497 e. The van der Waals surface area contributed by atoms with E-state index in [2.05, 4.69) is 5.32 Å². The minimum atomic E-state index is -4.37. The van der Waals surface area contributed by atoms with Crippen LogP contribution < -0.4 is 14.8 Å². The van der Waals surface area contributed by atoms with Crippen molar-refractivity contribution < 1.29 is 27.4 Å². The summed E-state index contributed by atoms with van der Waals surface area (Å²) in [5.41, 5.74) is 0.507. The Labute approximate surface area is 149 Å². The molecule has 0 aliphatic heterocycles. The fraction of sp³-hybridized carbons (Fsp3) is 0.211. The van der Waals surface area contributed by atoms with Gasteiger partial charge in [0.05, 0.1) is 19.8 Å². The van der Waals surface area contributed by atoms with E-state index in [9.17, 15) is 18.0 Å². The Balaban J connectivity index is 1.97. The third-order valence-electron chi connectivity index (χ3n) is 3.60. The second-order valence-corrected chi connectivity index (χ2v) is 5.35. The van der Waals surface area contributed by atoms with Gasteiger partial charge in [0.15, 0.2) is 0 Å². The maximum Gasteiger partial charge on any atom is 0.416 e. The molecule has 7 heteroatoms. The number of alkyl halides is 3. The van der Waals surface area contributed by atoms with Gasteiger partial charge in [0.1, 0.15) is 11.5 Å². The van der Waals surface area contributed by atoms with E-state index in [1.165, 1.54) is 32.4 Å². The molecule has 1 N–H and O–H groups in total. The highest BCUT2D eigenvalue weighted by Crippen LogP contribution is 2.29. The van der Waals surface area contributed by atoms with E-state index in [0.717, 1.165) is 12.1 Å². The molecule has 0 fully saturated rings. The molecule has 0 bridgehead atoms. The van der Waals surface area contributed by atoms with Crippen LogP contribution in [0.1, 0.15) is 16.7 Å². The molecule has 0 saturated carbocycles. The van der Waals surface area contributed by atoms with Crippen LogP contribution in [-0.4, -0.2) is 20.1 Å². The summed E-state index contributed by atoms with van der Waals surface area (Å²) in [6.07, 6.45) is -1.48. The van der Waals surface area contributed by atoms with Crippen molar-refractivity contribution in [3.8, 4) is 11.5 Å². The number of rotatable bonds is 6. The molecule has 0 spiro atoms. The van der Waals surface area contributed by atoms with Crippen LogP contribution in [0.5, 0.6) is 11.5 Å². The fourth-order valence-electron chi connectivity index (χ4n) is 2.19. The van der Waals surface area contributed by atoms with E-state index < -0.39 is 11.7 Å². The van der Waals surface area contributed by atoms with Gasteiger partial charge in [-0.25, -0.2) is 0 Å². The number of carbonyl (C=O) groups is 1. The smallest absolute Gasteiger partial charge is 0.416 e. The lowest BCUT2D eigenvalue weighted by molar-refractivity contribution is -0.137. The standard InChI is InChI=1S/C19H18F3NO3/c1-25-16-8-9-17(26-2)14(11-16)5-10-18(24)23-12-13-3-6-15(7-4-13)19(20,21)22/h3-11H,12H2,1-2H3,(H,23,24)/b10-5+. The molecule has 26 heavy (non-hydrogen) atoms. The Morgan fingerprint density at radius 1 is 1.08 bits per heavy atom. The minimum absolute atomic E-state index is 0.122. The van der Waals surface area contributed by atoms with Crippen LogP contribution in [-0.2, 0) is 17.5 Å². The normalized spacial score (nSPS) is 11.4. The van der Waals surface area contributed by atoms with E-state index in [-0.39, 0.29) is 12.5 Å². The monoisotopic (exact) mass is 365 g/mol. The Kier molecular flexibility index (Phi) is 6.27. The third kappa shape index (κ3) is 5.27. The number of ether oxygens (including phenoxy) is 2. The van der Waals surface area contributed by atoms with Crippen LogP contribution in [0.25, 0.3) is 6.08 Å². The van der Waals surface area contributed by atoms with Gasteiger partial charge in [-0.15, -0.1) is 0 Å². The summed E-state index contributed by atoms with van der Waals surface area (Å²) in [7, 11) is 3.05. The molecule has 0 radical (unpaired) electrons. The van der Waals surface area contributed by atoms with Crippen LogP contribution in [0.4, 0.5) is 13.2 Å². The lowest BCUT2D eigenvalue weighted by Gasteiger charge is -2.08. The van der Waals surface area contributed by atoms with Gasteiger partial charge in [-0.05, 0) is 42.0 Å². The molecule has 0 atom stereocenters. The summed E-state index contributed by atoms with van der Waals surface area (Å²) >= 11 is 0. The number of benzene rings is 2. The molecule has 2 aromatic rings. The SMILES string of the molecule is COc1ccc(OC)c(/C=C/C(=O)NCc2ccc(C(F)(F)F)cc2)c1. The zero-order valence-electron chi connectivity index (χ0n) is 14.3. The topological polar surface area (TPSA) is 47.6 Å². The van der Waals surface area contributed by atoms with Gasteiger partial charge in [0, 0.05) is 18.2 Å². The van der Waals surface area contributed by atoms with Gasteiger partial charge < -0.3 is 14.8 Å². The van der Waals surface area contributed by atoms with Crippen molar-refractivity contribution in [2.24, 2.45) is 0 Å². The molecule has 0 aromatic heterocycles. The molecule has 4 nitrogen and oxygen atoms in total. The maximum absolute atomic E-state index is 12.5. The molecule has 1 amide bonds. The molecule has 0 aliphatic rings. The number of nitrogens with one attached hydrogen (secondary N) is 1. The number of methoxy groups -OCH3 is 2.